The SMILES string of the molecule is Nc1cc(Br)c(=O)n(Cc2ncccn2)c1. The van der Waals surface area contributed by atoms with Crippen LogP contribution in [0.3, 0.4) is 0 Å². The largest absolute Gasteiger partial charge is 0.398 e. The van der Waals surface area contributed by atoms with E-state index in [1.54, 1.807) is 30.7 Å². The Hall–Kier alpha value is -1.69. The van der Waals surface area contributed by atoms with Gasteiger partial charge in [-0.1, -0.05) is 0 Å². The maximum absolute atomic E-state index is 11.7. The second-order valence-electron chi connectivity index (χ2n) is 3.22. The van der Waals surface area contributed by atoms with Crippen LogP contribution in [0.4, 0.5) is 5.69 Å². The van der Waals surface area contributed by atoms with Gasteiger partial charge in [-0.25, -0.2) is 9.97 Å². The highest BCUT2D eigenvalue weighted by molar-refractivity contribution is 9.10. The second-order valence-corrected chi connectivity index (χ2v) is 4.07. The lowest BCUT2D eigenvalue weighted by molar-refractivity contribution is 0.712. The van der Waals surface area contributed by atoms with Gasteiger partial charge in [0.15, 0.2) is 0 Å². The van der Waals surface area contributed by atoms with E-state index in [2.05, 4.69) is 25.9 Å². The summed E-state index contributed by atoms with van der Waals surface area (Å²) in [6, 6.07) is 3.30. The minimum absolute atomic E-state index is 0.151. The average Bonchev–Trinajstić information content (AvgIpc) is 2.27. The Morgan fingerprint density at radius 1 is 1.38 bits per heavy atom. The van der Waals surface area contributed by atoms with Crippen molar-refractivity contribution in [3.05, 3.63) is 51.4 Å². The molecule has 0 unspecified atom stereocenters. The van der Waals surface area contributed by atoms with E-state index >= 15 is 0 Å². The number of rotatable bonds is 2. The molecule has 2 aromatic heterocycles. The van der Waals surface area contributed by atoms with Crippen LogP contribution in [0, 0.1) is 0 Å². The molecule has 0 amide bonds. The maximum Gasteiger partial charge on any atom is 0.265 e. The first-order valence-electron chi connectivity index (χ1n) is 4.58. The van der Waals surface area contributed by atoms with Gasteiger partial charge in [-0.05, 0) is 28.1 Å². The van der Waals surface area contributed by atoms with Crippen LogP contribution < -0.4 is 11.3 Å². The smallest absolute Gasteiger partial charge is 0.265 e. The summed E-state index contributed by atoms with van der Waals surface area (Å²) in [6.07, 6.45) is 4.84. The highest BCUT2D eigenvalue weighted by atomic mass is 79.9. The van der Waals surface area contributed by atoms with Crippen molar-refractivity contribution < 1.29 is 0 Å². The van der Waals surface area contributed by atoms with Gasteiger partial charge in [0, 0.05) is 24.3 Å². The van der Waals surface area contributed by atoms with Crippen LogP contribution in [0.1, 0.15) is 5.82 Å². The monoisotopic (exact) mass is 280 g/mol. The van der Waals surface area contributed by atoms with Gasteiger partial charge in [0.2, 0.25) is 0 Å². The lowest BCUT2D eigenvalue weighted by Gasteiger charge is -2.06. The Morgan fingerprint density at radius 3 is 2.75 bits per heavy atom. The Kier molecular flexibility index (Phi) is 3.00. The molecule has 5 nitrogen and oxygen atoms in total. The summed E-state index contributed by atoms with van der Waals surface area (Å²) in [6.45, 7) is 0.309. The molecule has 82 valence electrons. The first-order chi connectivity index (χ1) is 7.66. The number of pyridine rings is 1. The lowest BCUT2D eigenvalue weighted by Crippen LogP contribution is -2.22. The Bertz CT molecular complexity index is 552. The summed E-state index contributed by atoms with van der Waals surface area (Å²) < 4.78 is 1.90. The molecule has 0 saturated carbocycles. The van der Waals surface area contributed by atoms with Crippen LogP contribution in [0.15, 0.2) is 40.0 Å². The number of nitrogens with zero attached hydrogens (tertiary/aromatic N) is 3. The molecule has 2 N–H and O–H groups in total. The summed E-state index contributed by atoms with van der Waals surface area (Å²) in [7, 11) is 0. The molecule has 0 bridgehead atoms. The third kappa shape index (κ3) is 2.27. The summed E-state index contributed by atoms with van der Waals surface area (Å²) in [5.74, 6) is 0.571. The van der Waals surface area contributed by atoms with E-state index in [1.807, 2.05) is 0 Å². The number of nitrogens with two attached hydrogens (primary N) is 1. The first-order valence-corrected chi connectivity index (χ1v) is 5.37. The van der Waals surface area contributed by atoms with Gasteiger partial charge in [0.1, 0.15) is 5.82 Å². The standard InChI is InChI=1S/C10H9BrN4O/c11-8-4-7(12)5-15(10(8)16)6-9-13-2-1-3-14-9/h1-5H,6,12H2. The van der Waals surface area contributed by atoms with E-state index in [-0.39, 0.29) is 5.56 Å². The van der Waals surface area contributed by atoms with Crippen molar-refractivity contribution in [2.24, 2.45) is 0 Å². The Labute approximate surface area is 100 Å². The molecule has 0 spiro atoms. The van der Waals surface area contributed by atoms with Gasteiger partial charge in [0.05, 0.1) is 11.0 Å². The van der Waals surface area contributed by atoms with Crippen molar-refractivity contribution in [2.45, 2.75) is 6.54 Å². The van der Waals surface area contributed by atoms with Gasteiger partial charge in [-0.3, -0.25) is 4.79 Å². The molecule has 0 radical (unpaired) electrons. The third-order valence-electron chi connectivity index (χ3n) is 1.99. The zero-order valence-corrected chi connectivity index (χ0v) is 9.89. The Balaban J connectivity index is 2.39. The summed E-state index contributed by atoms with van der Waals surface area (Å²) in [4.78, 5) is 19.8. The van der Waals surface area contributed by atoms with Gasteiger partial charge in [-0.2, -0.15) is 0 Å². The first kappa shape index (κ1) is 10.8. The fourth-order valence-electron chi connectivity index (χ4n) is 1.30. The van der Waals surface area contributed by atoms with E-state index in [1.165, 1.54) is 4.57 Å². The van der Waals surface area contributed by atoms with Crippen molar-refractivity contribution >= 4 is 21.6 Å². The fourth-order valence-corrected chi connectivity index (χ4v) is 1.79. The lowest BCUT2D eigenvalue weighted by atomic mass is 10.4. The van der Waals surface area contributed by atoms with Crippen LogP contribution in [0.25, 0.3) is 0 Å². The normalized spacial score (nSPS) is 10.3. The van der Waals surface area contributed by atoms with Crippen molar-refractivity contribution in [3.63, 3.8) is 0 Å². The minimum Gasteiger partial charge on any atom is -0.398 e. The van der Waals surface area contributed by atoms with E-state index in [9.17, 15) is 4.79 Å². The van der Waals surface area contributed by atoms with E-state index in [4.69, 9.17) is 5.73 Å². The van der Waals surface area contributed by atoms with Crippen LogP contribution in [-0.4, -0.2) is 14.5 Å². The zero-order chi connectivity index (χ0) is 11.5. The van der Waals surface area contributed by atoms with Gasteiger partial charge in [0.25, 0.3) is 5.56 Å². The molecular weight excluding hydrogens is 272 g/mol. The predicted octanol–water partition coefficient (Wildman–Crippen LogP) is 1.03. The van der Waals surface area contributed by atoms with E-state index in [0.717, 1.165) is 0 Å². The van der Waals surface area contributed by atoms with Crippen molar-refractivity contribution in [1.29, 1.82) is 0 Å². The fraction of sp³-hybridized carbons (Fsp3) is 0.100. The van der Waals surface area contributed by atoms with Crippen LogP contribution in [-0.2, 0) is 6.54 Å². The predicted molar refractivity (Wildman–Crippen MR) is 63.9 cm³/mol. The topological polar surface area (TPSA) is 73.8 Å². The van der Waals surface area contributed by atoms with Gasteiger partial charge < -0.3 is 10.3 Å². The molecule has 16 heavy (non-hydrogen) atoms. The number of hydrogen-bond acceptors (Lipinski definition) is 4. The van der Waals surface area contributed by atoms with Crippen molar-refractivity contribution in [2.75, 3.05) is 5.73 Å². The molecule has 2 aromatic rings. The number of halogens is 1. The third-order valence-corrected chi connectivity index (χ3v) is 2.56. The molecule has 0 aliphatic rings. The number of nitrogen functional groups attached to an aromatic ring is 1. The molecule has 0 aliphatic heterocycles. The quantitative estimate of drug-likeness (QED) is 0.892. The molecule has 0 aliphatic carbocycles. The van der Waals surface area contributed by atoms with Crippen molar-refractivity contribution in [1.82, 2.24) is 14.5 Å². The van der Waals surface area contributed by atoms with Gasteiger partial charge >= 0.3 is 0 Å². The molecule has 0 aromatic carbocycles. The van der Waals surface area contributed by atoms with Crippen LogP contribution in [0.5, 0.6) is 0 Å². The number of aromatic nitrogens is 3. The summed E-state index contributed by atoms with van der Waals surface area (Å²) in [5.41, 5.74) is 6.02. The molecule has 0 fully saturated rings. The highest BCUT2D eigenvalue weighted by Crippen LogP contribution is 2.08. The van der Waals surface area contributed by atoms with Crippen LogP contribution >= 0.6 is 15.9 Å². The average molecular weight is 281 g/mol. The molecule has 0 saturated heterocycles. The molecule has 6 heteroatoms. The Morgan fingerprint density at radius 2 is 2.06 bits per heavy atom. The van der Waals surface area contributed by atoms with E-state index in [0.29, 0.717) is 22.5 Å². The molecule has 0 atom stereocenters. The highest BCUT2D eigenvalue weighted by Gasteiger charge is 2.04. The summed E-state index contributed by atoms with van der Waals surface area (Å²) >= 11 is 3.16. The molecule has 2 heterocycles. The maximum atomic E-state index is 11.7. The van der Waals surface area contributed by atoms with Gasteiger partial charge in [-0.15, -0.1) is 0 Å². The number of anilines is 1. The minimum atomic E-state index is -0.151. The molecular formula is C10H9BrN4O. The second kappa shape index (κ2) is 4.44. The van der Waals surface area contributed by atoms with E-state index < -0.39 is 0 Å². The summed E-state index contributed by atoms with van der Waals surface area (Å²) in [5, 5.41) is 0. The van der Waals surface area contributed by atoms with Crippen molar-refractivity contribution in [3.8, 4) is 0 Å². The zero-order valence-electron chi connectivity index (χ0n) is 8.30. The van der Waals surface area contributed by atoms with Crippen LogP contribution in [0.2, 0.25) is 0 Å². The number of hydrogen-bond donors (Lipinski definition) is 1. The molecule has 2 rings (SSSR count).